The smallest absolute Gasteiger partial charge is 0.236 e. The van der Waals surface area contributed by atoms with Crippen molar-refractivity contribution in [1.29, 1.82) is 0 Å². The van der Waals surface area contributed by atoms with E-state index in [-0.39, 0.29) is 5.91 Å². The Labute approximate surface area is 160 Å². The van der Waals surface area contributed by atoms with Gasteiger partial charge in [0.05, 0.1) is 18.8 Å². The van der Waals surface area contributed by atoms with Gasteiger partial charge in [-0.1, -0.05) is 0 Å². The Morgan fingerprint density at radius 1 is 1.12 bits per heavy atom. The van der Waals surface area contributed by atoms with Gasteiger partial charge in [0.2, 0.25) is 5.91 Å². The van der Waals surface area contributed by atoms with Crippen molar-refractivity contribution in [3.05, 3.63) is 15.6 Å². The number of carbonyl (C=O) groups is 1. The lowest BCUT2D eigenvalue weighted by atomic mass is 10.3. The molecule has 2 aliphatic rings. The van der Waals surface area contributed by atoms with Crippen LogP contribution in [-0.4, -0.2) is 84.4 Å². The second kappa shape index (κ2) is 8.81. The molecule has 2 aliphatic heterocycles. The maximum absolute atomic E-state index is 12.3. The Morgan fingerprint density at radius 3 is 2.38 bits per heavy atom. The molecule has 0 aromatic carbocycles. The van der Waals surface area contributed by atoms with Crippen LogP contribution in [0.25, 0.3) is 0 Å². The summed E-state index contributed by atoms with van der Waals surface area (Å²) in [7, 11) is 1.82. The molecule has 2 saturated heterocycles. The van der Waals surface area contributed by atoms with Crippen LogP contribution in [-0.2, 0) is 11.3 Å². The predicted molar refractivity (Wildman–Crippen MR) is 106 cm³/mol. The van der Waals surface area contributed by atoms with Crippen molar-refractivity contribution in [1.82, 2.24) is 25.0 Å². The summed E-state index contributed by atoms with van der Waals surface area (Å²) >= 11 is 1.74. The molecule has 0 aliphatic carbocycles. The maximum Gasteiger partial charge on any atom is 0.236 e. The van der Waals surface area contributed by atoms with Gasteiger partial charge in [-0.3, -0.25) is 14.7 Å². The molecule has 3 heterocycles. The van der Waals surface area contributed by atoms with E-state index in [1.54, 1.807) is 11.3 Å². The fourth-order valence-corrected chi connectivity index (χ4v) is 4.35. The highest BCUT2D eigenvalue weighted by Crippen LogP contribution is 2.16. The van der Waals surface area contributed by atoms with Gasteiger partial charge in [0.25, 0.3) is 0 Å². The van der Waals surface area contributed by atoms with Crippen LogP contribution in [0.4, 0.5) is 0 Å². The molecule has 1 N–H and O–H groups in total. The fourth-order valence-electron chi connectivity index (χ4n) is 3.48. The lowest BCUT2D eigenvalue weighted by Crippen LogP contribution is -2.54. The number of hydrogen-bond donors (Lipinski definition) is 1. The van der Waals surface area contributed by atoms with Crippen molar-refractivity contribution in [2.24, 2.45) is 4.99 Å². The number of hydrogen-bond acceptors (Lipinski definition) is 5. The zero-order valence-electron chi connectivity index (χ0n) is 16.1. The molecule has 1 amide bonds. The summed E-state index contributed by atoms with van der Waals surface area (Å²) in [4.78, 5) is 29.1. The molecular weight excluding hydrogens is 348 g/mol. The minimum Gasteiger partial charge on any atom is -0.350 e. The van der Waals surface area contributed by atoms with Crippen LogP contribution in [0.5, 0.6) is 0 Å². The largest absolute Gasteiger partial charge is 0.350 e. The highest BCUT2D eigenvalue weighted by molar-refractivity contribution is 7.11. The van der Waals surface area contributed by atoms with Crippen molar-refractivity contribution < 1.29 is 4.79 Å². The second-order valence-electron chi connectivity index (χ2n) is 7.00. The minimum atomic E-state index is 0.285. The normalized spacial score (nSPS) is 19.3. The molecule has 8 heteroatoms. The molecule has 26 heavy (non-hydrogen) atoms. The average Bonchev–Trinajstić information content (AvgIpc) is 3.27. The second-order valence-corrected chi connectivity index (χ2v) is 8.29. The Kier molecular flexibility index (Phi) is 6.48. The maximum atomic E-state index is 12.3. The highest BCUT2D eigenvalue weighted by atomic mass is 32.1. The first-order valence-electron chi connectivity index (χ1n) is 9.45. The first-order chi connectivity index (χ1) is 12.6. The Balaban J connectivity index is 1.44. The number of likely N-dealkylation sites (tertiary alicyclic amines) is 1. The number of amides is 1. The van der Waals surface area contributed by atoms with Gasteiger partial charge in [-0.15, -0.1) is 11.3 Å². The van der Waals surface area contributed by atoms with Crippen LogP contribution in [0.15, 0.2) is 4.99 Å². The van der Waals surface area contributed by atoms with Gasteiger partial charge in [0.15, 0.2) is 5.96 Å². The third kappa shape index (κ3) is 4.73. The molecule has 7 nitrogen and oxygen atoms in total. The summed E-state index contributed by atoms with van der Waals surface area (Å²) in [5.41, 5.74) is 1.11. The van der Waals surface area contributed by atoms with Crippen molar-refractivity contribution in [2.75, 3.05) is 52.9 Å². The van der Waals surface area contributed by atoms with Crippen molar-refractivity contribution in [3.8, 4) is 0 Å². The topological polar surface area (TPSA) is 64.1 Å². The molecule has 0 radical (unpaired) electrons. The van der Waals surface area contributed by atoms with Gasteiger partial charge in [-0.05, 0) is 26.7 Å². The van der Waals surface area contributed by atoms with Crippen molar-refractivity contribution in [2.45, 2.75) is 33.2 Å². The van der Waals surface area contributed by atoms with Crippen LogP contribution in [0.3, 0.4) is 0 Å². The molecular formula is C18H30N6OS. The van der Waals surface area contributed by atoms with Crippen LogP contribution >= 0.6 is 11.3 Å². The lowest BCUT2D eigenvalue weighted by molar-refractivity contribution is -0.131. The third-order valence-corrected chi connectivity index (χ3v) is 6.24. The number of thiazole rings is 1. The summed E-state index contributed by atoms with van der Waals surface area (Å²) in [6, 6.07) is 0. The van der Waals surface area contributed by atoms with Gasteiger partial charge in [0, 0.05) is 51.2 Å². The molecule has 0 spiro atoms. The molecule has 0 unspecified atom stereocenters. The standard InChI is InChI=1S/C18H30N6OS/c1-14-15(2)26-16(21-14)12-20-18(19-3)24-10-8-22(9-11-24)13-17(25)23-6-4-5-7-23/h4-13H2,1-3H3,(H,19,20). The van der Waals surface area contributed by atoms with Gasteiger partial charge in [-0.25, -0.2) is 4.98 Å². The minimum absolute atomic E-state index is 0.285. The van der Waals surface area contributed by atoms with E-state index in [1.807, 2.05) is 18.9 Å². The monoisotopic (exact) mass is 378 g/mol. The predicted octanol–water partition coefficient (Wildman–Crippen LogP) is 1.08. The average molecular weight is 379 g/mol. The van der Waals surface area contributed by atoms with Crippen molar-refractivity contribution in [3.63, 3.8) is 0 Å². The quantitative estimate of drug-likeness (QED) is 0.627. The highest BCUT2D eigenvalue weighted by Gasteiger charge is 2.24. The zero-order chi connectivity index (χ0) is 18.5. The van der Waals surface area contributed by atoms with Gasteiger partial charge in [0.1, 0.15) is 5.01 Å². The SMILES string of the molecule is CN=C(NCc1nc(C)c(C)s1)N1CCN(CC(=O)N2CCCC2)CC1. The fraction of sp³-hybridized carbons (Fsp3) is 0.722. The van der Waals surface area contributed by atoms with E-state index in [0.29, 0.717) is 13.1 Å². The number of aliphatic imine (C=N–C) groups is 1. The van der Waals surface area contributed by atoms with Crippen LogP contribution < -0.4 is 5.32 Å². The van der Waals surface area contributed by atoms with E-state index < -0.39 is 0 Å². The van der Waals surface area contributed by atoms with Gasteiger partial charge in [-0.2, -0.15) is 0 Å². The molecule has 3 rings (SSSR count). The molecule has 0 bridgehead atoms. The summed E-state index contributed by atoms with van der Waals surface area (Å²) in [5, 5.41) is 4.52. The number of piperazine rings is 1. The van der Waals surface area contributed by atoms with E-state index in [0.717, 1.165) is 68.8 Å². The number of guanidine groups is 1. The van der Waals surface area contributed by atoms with Crippen molar-refractivity contribution >= 4 is 23.2 Å². The zero-order valence-corrected chi connectivity index (χ0v) is 16.9. The van der Waals surface area contributed by atoms with Gasteiger partial charge < -0.3 is 15.1 Å². The Bertz CT molecular complexity index is 625. The molecule has 1 aromatic rings. The lowest BCUT2D eigenvalue weighted by Gasteiger charge is -2.36. The number of carbonyl (C=O) groups excluding carboxylic acids is 1. The molecule has 0 saturated carbocycles. The number of nitrogens with zero attached hydrogens (tertiary/aromatic N) is 5. The number of aryl methyl sites for hydroxylation is 2. The van der Waals surface area contributed by atoms with Crippen LogP contribution in [0.2, 0.25) is 0 Å². The van der Waals surface area contributed by atoms with Crippen LogP contribution in [0.1, 0.15) is 28.4 Å². The van der Waals surface area contributed by atoms with E-state index in [9.17, 15) is 4.79 Å². The summed E-state index contributed by atoms with van der Waals surface area (Å²) in [6.07, 6.45) is 2.30. The number of rotatable bonds is 4. The molecule has 1 aromatic heterocycles. The third-order valence-electron chi connectivity index (χ3n) is 5.17. The number of aromatic nitrogens is 1. The van der Waals surface area contributed by atoms with E-state index in [2.05, 4.69) is 32.0 Å². The van der Waals surface area contributed by atoms with Gasteiger partial charge >= 0.3 is 0 Å². The van der Waals surface area contributed by atoms with E-state index in [4.69, 9.17) is 0 Å². The first-order valence-corrected chi connectivity index (χ1v) is 10.3. The summed E-state index contributed by atoms with van der Waals surface area (Å²) in [5.74, 6) is 1.20. The summed E-state index contributed by atoms with van der Waals surface area (Å²) in [6.45, 7) is 10.9. The molecule has 144 valence electrons. The summed E-state index contributed by atoms with van der Waals surface area (Å²) < 4.78 is 0. The molecule has 2 fully saturated rings. The Hall–Kier alpha value is -1.67. The van der Waals surface area contributed by atoms with E-state index >= 15 is 0 Å². The Morgan fingerprint density at radius 2 is 1.81 bits per heavy atom. The number of nitrogens with one attached hydrogen (secondary N) is 1. The first kappa shape index (κ1) is 19.1. The van der Waals surface area contributed by atoms with Crippen LogP contribution in [0, 0.1) is 13.8 Å². The molecule has 0 atom stereocenters. The van der Waals surface area contributed by atoms with E-state index in [1.165, 1.54) is 4.88 Å².